The van der Waals surface area contributed by atoms with Crippen molar-refractivity contribution in [2.24, 2.45) is 5.92 Å². The van der Waals surface area contributed by atoms with E-state index in [1.807, 2.05) is 25.1 Å². The van der Waals surface area contributed by atoms with Crippen LogP contribution in [0.1, 0.15) is 87.8 Å². The van der Waals surface area contributed by atoms with Crippen molar-refractivity contribution in [3.05, 3.63) is 40.6 Å². The van der Waals surface area contributed by atoms with Crippen molar-refractivity contribution in [2.75, 3.05) is 26.2 Å². The van der Waals surface area contributed by atoms with E-state index in [1.54, 1.807) is 0 Å². The number of likely N-dealkylation sites (tertiary alicyclic amines) is 1. The summed E-state index contributed by atoms with van der Waals surface area (Å²) in [6, 6.07) is 6.03. The Morgan fingerprint density at radius 1 is 0.939 bits per heavy atom. The van der Waals surface area contributed by atoms with Gasteiger partial charge in [0.2, 0.25) is 0 Å². The lowest BCUT2D eigenvalue weighted by Crippen LogP contribution is -2.40. The highest BCUT2D eigenvalue weighted by atomic mass is 16.3. The van der Waals surface area contributed by atoms with Gasteiger partial charge in [-0.15, -0.1) is 0 Å². The molecule has 1 aromatic carbocycles. The van der Waals surface area contributed by atoms with Crippen LogP contribution in [0, 0.1) is 19.8 Å². The van der Waals surface area contributed by atoms with E-state index in [0.717, 1.165) is 49.8 Å². The van der Waals surface area contributed by atoms with Gasteiger partial charge in [0.15, 0.2) is 0 Å². The van der Waals surface area contributed by atoms with Crippen LogP contribution in [0.2, 0.25) is 0 Å². The highest BCUT2D eigenvalue weighted by molar-refractivity contribution is 6.35. The molecule has 0 aliphatic carbocycles. The Kier molecular flexibility index (Phi) is 9.54. The Bertz CT molecular complexity index is 861. The molecule has 1 unspecified atom stereocenters. The zero-order valence-electron chi connectivity index (χ0n) is 20.9. The number of carbonyl (C=O) groups is 2. The SMILES string of the molecule is CCCCCCCCCCN1C(=O)C(c2ccc(C)c(C)c2)=C(N2CCCC(CO)C2)C1=O. The van der Waals surface area contributed by atoms with E-state index >= 15 is 0 Å². The number of aryl methyl sites for hydroxylation is 2. The molecule has 1 atom stereocenters. The second-order valence-electron chi connectivity index (χ2n) is 9.90. The molecule has 0 saturated carbocycles. The van der Waals surface area contributed by atoms with Gasteiger partial charge in [0.25, 0.3) is 11.8 Å². The Hall–Kier alpha value is -2.14. The number of benzene rings is 1. The molecule has 2 amide bonds. The van der Waals surface area contributed by atoms with E-state index in [0.29, 0.717) is 24.4 Å². The monoisotopic (exact) mass is 454 g/mol. The zero-order valence-corrected chi connectivity index (χ0v) is 20.9. The lowest BCUT2D eigenvalue weighted by Gasteiger charge is -2.34. The van der Waals surface area contributed by atoms with Gasteiger partial charge in [-0.3, -0.25) is 14.5 Å². The van der Waals surface area contributed by atoms with Crippen LogP contribution >= 0.6 is 0 Å². The number of amides is 2. The fourth-order valence-corrected chi connectivity index (χ4v) is 5.04. The predicted molar refractivity (Wildman–Crippen MR) is 134 cm³/mol. The third-order valence-corrected chi connectivity index (χ3v) is 7.27. The average Bonchev–Trinajstić information content (AvgIpc) is 3.07. The lowest BCUT2D eigenvalue weighted by atomic mass is 9.96. The minimum absolute atomic E-state index is 0.118. The Morgan fingerprint density at radius 2 is 1.64 bits per heavy atom. The number of piperidine rings is 1. The van der Waals surface area contributed by atoms with Crippen molar-refractivity contribution in [2.45, 2.75) is 85.0 Å². The van der Waals surface area contributed by atoms with Crippen molar-refractivity contribution in [3.63, 3.8) is 0 Å². The van der Waals surface area contributed by atoms with Gasteiger partial charge < -0.3 is 10.0 Å². The van der Waals surface area contributed by atoms with Crippen LogP contribution in [0.25, 0.3) is 5.57 Å². The van der Waals surface area contributed by atoms with Gasteiger partial charge in [0, 0.05) is 26.2 Å². The first-order chi connectivity index (χ1) is 16.0. The number of hydrogen-bond acceptors (Lipinski definition) is 4. The summed E-state index contributed by atoms with van der Waals surface area (Å²) < 4.78 is 0. The Balaban J connectivity index is 1.74. The number of aliphatic hydroxyl groups is 1. The molecular formula is C28H42N2O3. The first-order valence-corrected chi connectivity index (χ1v) is 13.0. The summed E-state index contributed by atoms with van der Waals surface area (Å²) in [6.45, 7) is 8.32. The molecule has 1 saturated heterocycles. The van der Waals surface area contributed by atoms with Gasteiger partial charge in [-0.1, -0.05) is 70.1 Å². The summed E-state index contributed by atoms with van der Waals surface area (Å²) in [5, 5.41) is 9.70. The van der Waals surface area contributed by atoms with E-state index < -0.39 is 0 Å². The second-order valence-corrected chi connectivity index (χ2v) is 9.90. The summed E-state index contributed by atoms with van der Waals surface area (Å²) in [6.07, 6.45) is 11.3. The molecule has 0 radical (unpaired) electrons. The summed E-state index contributed by atoms with van der Waals surface area (Å²) >= 11 is 0. The van der Waals surface area contributed by atoms with Crippen molar-refractivity contribution in [3.8, 4) is 0 Å². The molecule has 0 aromatic heterocycles. The molecule has 1 aromatic rings. The van der Waals surface area contributed by atoms with E-state index in [9.17, 15) is 14.7 Å². The van der Waals surface area contributed by atoms with E-state index in [-0.39, 0.29) is 24.3 Å². The van der Waals surface area contributed by atoms with Gasteiger partial charge in [-0.25, -0.2) is 0 Å². The maximum Gasteiger partial charge on any atom is 0.277 e. The molecule has 33 heavy (non-hydrogen) atoms. The summed E-state index contributed by atoms with van der Waals surface area (Å²) in [5.41, 5.74) is 4.21. The van der Waals surface area contributed by atoms with Crippen molar-refractivity contribution < 1.29 is 14.7 Å². The Morgan fingerprint density at radius 3 is 2.30 bits per heavy atom. The standard InChI is InChI=1S/C28H42N2O3/c1-4-5-6-7-8-9-10-11-17-30-27(32)25(24-15-14-21(2)22(3)18-24)26(28(30)33)29-16-12-13-23(19-29)20-31/h14-15,18,23,31H,4-13,16-17,19-20H2,1-3H3. The second kappa shape index (κ2) is 12.4. The predicted octanol–water partition coefficient (Wildman–Crippen LogP) is 5.23. The van der Waals surface area contributed by atoms with E-state index in [2.05, 4.69) is 18.7 Å². The number of nitrogens with zero attached hydrogens (tertiary/aromatic N) is 2. The summed E-state index contributed by atoms with van der Waals surface area (Å²) in [5.74, 6) is -0.168. The number of imide groups is 1. The van der Waals surface area contributed by atoms with Crippen molar-refractivity contribution >= 4 is 17.4 Å². The molecule has 2 aliphatic rings. The topological polar surface area (TPSA) is 60.9 Å². The molecule has 182 valence electrons. The normalized spacial score (nSPS) is 19.2. The lowest BCUT2D eigenvalue weighted by molar-refractivity contribution is -0.137. The van der Waals surface area contributed by atoms with Crippen LogP contribution < -0.4 is 0 Å². The van der Waals surface area contributed by atoms with Gasteiger partial charge in [0.1, 0.15) is 5.70 Å². The third-order valence-electron chi connectivity index (χ3n) is 7.27. The van der Waals surface area contributed by atoms with Crippen molar-refractivity contribution in [1.82, 2.24) is 9.80 Å². The molecule has 2 heterocycles. The van der Waals surface area contributed by atoms with Crippen LogP contribution in [0.4, 0.5) is 0 Å². The fourth-order valence-electron chi connectivity index (χ4n) is 5.04. The van der Waals surface area contributed by atoms with Crippen LogP contribution in [0.15, 0.2) is 23.9 Å². The van der Waals surface area contributed by atoms with Crippen LogP contribution in [0.3, 0.4) is 0 Å². The molecule has 5 heteroatoms. The van der Waals surface area contributed by atoms with Crippen LogP contribution in [-0.2, 0) is 9.59 Å². The van der Waals surface area contributed by atoms with E-state index in [4.69, 9.17) is 0 Å². The smallest absolute Gasteiger partial charge is 0.277 e. The first kappa shape index (κ1) is 25.5. The summed E-state index contributed by atoms with van der Waals surface area (Å²) in [4.78, 5) is 30.6. The number of unbranched alkanes of at least 4 members (excludes halogenated alkanes) is 7. The number of carbonyl (C=O) groups excluding carboxylic acids is 2. The first-order valence-electron chi connectivity index (χ1n) is 13.0. The summed E-state index contributed by atoms with van der Waals surface area (Å²) in [7, 11) is 0. The average molecular weight is 455 g/mol. The molecule has 2 aliphatic heterocycles. The minimum Gasteiger partial charge on any atom is -0.396 e. The molecule has 0 spiro atoms. The van der Waals surface area contributed by atoms with Crippen LogP contribution in [0.5, 0.6) is 0 Å². The molecule has 0 bridgehead atoms. The van der Waals surface area contributed by atoms with Gasteiger partial charge >= 0.3 is 0 Å². The van der Waals surface area contributed by atoms with Gasteiger partial charge in [0.05, 0.1) is 5.57 Å². The quantitative estimate of drug-likeness (QED) is 0.347. The molecule has 1 fully saturated rings. The number of hydrogen-bond donors (Lipinski definition) is 1. The van der Waals surface area contributed by atoms with Crippen LogP contribution in [-0.4, -0.2) is 53.0 Å². The van der Waals surface area contributed by atoms with Crippen molar-refractivity contribution in [1.29, 1.82) is 0 Å². The van der Waals surface area contributed by atoms with Gasteiger partial charge in [-0.05, 0) is 55.7 Å². The molecular weight excluding hydrogens is 412 g/mol. The molecule has 1 N–H and O–H groups in total. The highest BCUT2D eigenvalue weighted by Crippen LogP contribution is 2.34. The number of aliphatic hydroxyl groups excluding tert-OH is 1. The highest BCUT2D eigenvalue weighted by Gasteiger charge is 2.42. The van der Waals surface area contributed by atoms with E-state index in [1.165, 1.54) is 42.6 Å². The van der Waals surface area contributed by atoms with Gasteiger partial charge in [-0.2, -0.15) is 0 Å². The molecule has 3 rings (SSSR count). The maximum absolute atomic E-state index is 13.5. The largest absolute Gasteiger partial charge is 0.396 e. The fraction of sp³-hybridized carbons (Fsp3) is 0.643. The third kappa shape index (κ3) is 6.26. The molecule has 5 nitrogen and oxygen atoms in total. The number of rotatable bonds is 12. The minimum atomic E-state index is -0.160. The zero-order chi connectivity index (χ0) is 23.8. The Labute approximate surface area is 199 Å². The maximum atomic E-state index is 13.5.